The first-order valence-corrected chi connectivity index (χ1v) is 10.5. The van der Waals surface area contributed by atoms with Gasteiger partial charge in [0.2, 0.25) is 5.91 Å². The number of benzene rings is 2. The van der Waals surface area contributed by atoms with Crippen LogP contribution in [0, 0.1) is 0 Å². The van der Waals surface area contributed by atoms with Crippen LogP contribution in [0.4, 0.5) is 0 Å². The molecule has 3 N–H and O–H groups in total. The summed E-state index contributed by atoms with van der Waals surface area (Å²) < 4.78 is 23.9. The van der Waals surface area contributed by atoms with Gasteiger partial charge in [0.15, 0.2) is 9.84 Å². The zero-order valence-corrected chi connectivity index (χ0v) is 16.8. The van der Waals surface area contributed by atoms with Crippen molar-refractivity contribution in [2.24, 2.45) is 5.73 Å². The number of hydrogen-bond donors (Lipinski definition) is 2. The molecule has 7 nitrogen and oxygen atoms in total. The molecule has 0 saturated heterocycles. The highest BCUT2D eigenvalue weighted by atomic mass is 32.2. The first-order chi connectivity index (χ1) is 13.2. The van der Waals surface area contributed by atoms with Crippen LogP contribution in [0.25, 0.3) is 0 Å². The Morgan fingerprint density at radius 3 is 2.32 bits per heavy atom. The van der Waals surface area contributed by atoms with Crippen molar-refractivity contribution >= 4 is 21.7 Å². The van der Waals surface area contributed by atoms with Gasteiger partial charge < -0.3 is 16.0 Å². The Hall–Kier alpha value is -2.71. The Morgan fingerprint density at radius 1 is 1.07 bits per heavy atom. The van der Waals surface area contributed by atoms with Crippen molar-refractivity contribution in [2.45, 2.75) is 24.9 Å². The van der Waals surface area contributed by atoms with Crippen LogP contribution in [0.5, 0.6) is 0 Å². The van der Waals surface area contributed by atoms with Crippen LogP contribution >= 0.6 is 0 Å². The summed E-state index contributed by atoms with van der Waals surface area (Å²) in [5.74, 6) is -1.99. The molecule has 0 aliphatic carbocycles. The van der Waals surface area contributed by atoms with E-state index in [-0.39, 0.29) is 10.8 Å². The van der Waals surface area contributed by atoms with E-state index in [9.17, 15) is 18.0 Å². The molecule has 2 aromatic rings. The van der Waals surface area contributed by atoms with E-state index < -0.39 is 21.5 Å². The molecule has 0 aliphatic heterocycles. The molecule has 0 saturated carbocycles. The third-order valence-corrected chi connectivity index (χ3v) is 5.90. The second kappa shape index (κ2) is 9.48. The predicted octanol–water partition coefficient (Wildman–Crippen LogP) is 1.33. The molecule has 2 rings (SSSR count). The van der Waals surface area contributed by atoms with Crippen LogP contribution in [0.15, 0.2) is 53.4 Å². The van der Waals surface area contributed by atoms with Crippen molar-refractivity contribution < 1.29 is 18.0 Å². The summed E-state index contributed by atoms with van der Waals surface area (Å²) in [5.41, 5.74) is 7.43. The van der Waals surface area contributed by atoms with Crippen LogP contribution in [0.3, 0.4) is 0 Å². The Balaban J connectivity index is 2.00. The molecular weight excluding hydrogens is 378 g/mol. The lowest BCUT2D eigenvalue weighted by Gasteiger charge is -2.14. The zero-order chi connectivity index (χ0) is 20.7. The SMILES string of the molecule is CCN(C)Cc1cccc(CNC(=O)c2ccc(S(=O)(=O)CC(N)=O)cc2)c1. The van der Waals surface area contributed by atoms with Gasteiger partial charge in [-0.15, -0.1) is 0 Å². The molecule has 2 amide bonds. The lowest BCUT2D eigenvalue weighted by Crippen LogP contribution is -2.24. The fourth-order valence-electron chi connectivity index (χ4n) is 2.63. The number of nitrogens with zero attached hydrogens (tertiary/aromatic N) is 1. The minimum Gasteiger partial charge on any atom is -0.369 e. The molecule has 0 radical (unpaired) electrons. The highest BCUT2D eigenvalue weighted by Gasteiger charge is 2.18. The van der Waals surface area contributed by atoms with Crippen LogP contribution in [0.2, 0.25) is 0 Å². The van der Waals surface area contributed by atoms with Crippen molar-refractivity contribution in [2.75, 3.05) is 19.3 Å². The molecular formula is C20H25N3O4S. The summed E-state index contributed by atoms with van der Waals surface area (Å²) >= 11 is 0. The van der Waals surface area contributed by atoms with Gasteiger partial charge in [-0.25, -0.2) is 8.42 Å². The average Bonchev–Trinajstić information content (AvgIpc) is 2.65. The minimum absolute atomic E-state index is 0.0457. The Labute approximate surface area is 165 Å². The second-order valence-electron chi connectivity index (χ2n) is 6.58. The maximum absolute atomic E-state index is 12.3. The normalized spacial score (nSPS) is 11.4. The summed E-state index contributed by atoms with van der Waals surface area (Å²) in [6.45, 7) is 4.24. The van der Waals surface area contributed by atoms with Gasteiger partial charge in [-0.2, -0.15) is 0 Å². The standard InChI is InChI=1S/C20H25N3O4S/c1-3-23(2)13-16-6-4-5-15(11-16)12-22-20(25)17-7-9-18(10-8-17)28(26,27)14-19(21)24/h4-11H,3,12-14H2,1-2H3,(H2,21,24)(H,22,25). The summed E-state index contributed by atoms with van der Waals surface area (Å²) in [5, 5.41) is 2.82. The topological polar surface area (TPSA) is 110 Å². The Morgan fingerprint density at radius 2 is 1.71 bits per heavy atom. The highest BCUT2D eigenvalue weighted by molar-refractivity contribution is 7.92. The van der Waals surface area contributed by atoms with Crippen molar-refractivity contribution in [3.05, 3.63) is 65.2 Å². The molecule has 150 valence electrons. The van der Waals surface area contributed by atoms with E-state index in [0.717, 1.165) is 18.7 Å². The molecule has 0 aliphatic rings. The predicted molar refractivity (Wildman–Crippen MR) is 107 cm³/mol. The van der Waals surface area contributed by atoms with Gasteiger partial charge in [-0.1, -0.05) is 31.2 Å². The zero-order valence-electron chi connectivity index (χ0n) is 16.0. The van der Waals surface area contributed by atoms with E-state index in [1.54, 1.807) is 0 Å². The number of primary amides is 1. The monoisotopic (exact) mass is 403 g/mol. The van der Waals surface area contributed by atoms with Gasteiger partial charge in [-0.3, -0.25) is 9.59 Å². The van der Waals surface area contributed by atoms with Crippen molar-refractivity contribution in [1.82, 2.24) is 10.2 Å². The Bertz CT molecular complexity index is 940. The van der Waals surface area contributed by atoms with Gasteiger partial charge in [-0.05, 0) is 49.0 Å². The van der Waals surface area contributed by atoms with Gasteiger partial charge in [0.25, 0.3) is 5.91 Å². The van der Waals surface area contributed by atoms with Gasteiger partial charge >= 0.3 is 0 Å². The average molecular weight is 404 g/mol. The molecule has 0 spiro atoms. The Kier molecular flexibility index (Phi) is 7.31. The first-order valence-electron chi connectivity index (χ1n) is 8.87. The number of carbonyl (C=O) groups is 2. The second-order valence-corrected chi connectivity index (χ2v) is 8.57. The molecule has 0 heterocycles. The highest BCUT2D eigenvalue weighted by Crippen LogP contribution is 2.13. The number of amides is 2. The van der Waals surface area contributed by atoms with Crippen LogP contribution in [0.1, 0.15) is 28.4 Å². The third kappa shape index (κ3) is 6.17. The number of rotatable bonds is 9. The smallest absolute Gasteiger partial charge is 0.251 e. The molecule has 0 bridgehead atoms. The molecule has 0 aromatic heterocycles. The fourth-order valence-corrected chi connectivity index (χ4v) is 3.72. The number of carbonyl (C=O) groups excluding carboxylic acids is 2. The number of hydrogen-bond acceptors (Lipinski definition) is 5. The first kappa shape index (κ1) is 21.6. The number of nitrogens with two attached hydrogens (primary N) is 1. The van der Waals surface area contributed by atoms with Crippen LogP contribution in [-0.2, 0) is 27.7 Å². The molecule has 0 fully saturated rings. The maximum atomic E-state index is 12.3. The van der Waals surface area contributed by atoms with Crippen molar-refractivity contribution in [1.29, 1.82) is 0 Å². The summed E-state index contributed by atoms with van der Waals surface area (Å²) in [7, 11) is -1.74. The molecule has 8 heteroatoms. The number of nitrogens with one attached hydrogen (secondary N) is 1. The van der Waals surface area contributed by atoms with Gasteiger partial charge in [0.05, 0.1) is 4.90 Å². The largest absolute Gasteiger partial charge is 0.369 e. The van der Waals surface area contributed by atoms with E-state index in [2.05, 4.69) is 17.1 Å². The number of sulfone groups is 1. The maximum Gasteiger partial charge on any atom is 0.251 e. The van der Waals surface area contributed by atoms with E-state index in [1.807, 2.05) is 31.3 Å². The van der Waals surface area contributed by atoms with Crippen molar-refractivity contribution in [3.8, 4) is 0 Å². The van der Waals surface area contributed by atoms with Crippen LogP contribution in [-0.4, -0.2) is 44.5 Å². The molecule has 2 aromatic carbocycles. The summed E-state index contributed by atoms with van der Waals surface area (Å²) in [4.78, 5) is 25.3. The molecule has 28 heavy (non-hydrogen) atoms. The summed E-state index contributed by atoms with van der Waals surface area (Å²) in [6, 6.07) is 13.4. The molecule has 0 unspecified atom stereocenters. The van der Waals surface area contributed by atoms with E-state index in [1.165, 1.54) is 29.8 Å². The van der Waals surface area contributed by atoms with E-state index in [0.29, 0.717) is 12.1 Å². The molecule has 0 atom stereocenters. The fraction of sp³-hybridized carbons (Fsp3) is 0.300. The van der Waals surface area contributed by atoms with Crippen LogP contribution < -0.4 is 11.1 Å². The quantitative estimate of drug-likeness (QED) is 0.656. The third-order valence-electron chi connectivity index (χ3n) is 4.24. The van der Waals surface area contributed by atoms with Gasteiger partial charge in [0, 0.05) is 18.7 Å². The van der Waals surface area contributed by atoms with E-state index in [4.69, 9.17) is 5.73 Å². The minimum atomic E-state index is -3.78. The lowest BCUT2D eigenvalue weighted by molar-refractivity contribution is -0.115. The summed E-state index contributed by atoms with van der Waals surface area (Å²) in [6.07, 6.45) is 0. The lowest BCUT2D eigenvalue weighted by atomic mass is 10.1. The van der Waals surface area contributed by atoms with Gasteiger partial charge in [0.1, 0.15) is 5.75 Å². The van der Waals surface area contributed by atoms with Crippen molar-refractivity contribution in [3.63, 3.8) is 0 Å². The van der Waals surface area contributed by atoms with E-state index >= 15 is 0 Å².